The molecule has 8 nitrogen and oxygen atoms in total. The van der Waals surface area contributed by atoms with Crippen LogP contribution in [0.25, 0.3) is 10.9 Å². The van der Waals surface area contributed by atoms with Crippen molar-refractivity contribution in [3.63, 3.8) is 0 Å². The fraction of sp³-hybridized carbons (Fsp3) is 0.111. The second kappa shape index (κ2) is 9.23. The van der Waals surface area contributed by atoms with Crippen molar-refractivity contribution >= 4 is 46.0 Å². The average molecular weight is 478 g/mol. The lowest BCUT2D eigenvalue weighted by molar-refractivity contribution is -0.140. The second-order valence-electron chi connectivity index (χ2n) is 5.73. The van der Waals surface area contributed by atoms with E-state index < -0.39 is 29.3 Å². The zero-order valence-electron chi connectivity index (χ0n) is 15.4. The van der Waals surface area contributed by atoms with E-state index in [1.165, 1.54) is 19.2 Å². The van der Waals surface area contributed by atoms with Gasteiger partial charge in [0.25, 0.3) is 11.5 Å². The number of carboxylic acids is 1. The summed E-state index contributed by atoms with van der Waals surface area (Å²) in [4.78, 5) is 38.2. The van der Waals surface area contributed by atoms with Gasteiger partial charge in [0, 0.05) is 11.6 Å². The van der Waals surface area contributed by atoms with Gasteiger partial charge in [-0.1, -0.05) is 23.2 Å². The third kappa shape index (κ3) is 5.25. The summed E-state index contributed by atoms with van der Waals surface area (Å²) in [6.07, 6.45) is -3.44. The molecule has 0 aliphatic rings. The molecule has 0 radical (unpaired) electrons. The lowest BCUT2D eigenvalue weighted by atomic mass is 10.1. The van der Waals surface area contributed by atoms with Gasteiger partial charge in [0.15, 0.2) is 0 Å². The van der Waals surface area contributed by atoms with Gasteiger partial charge < -0.3 is 20.6 Å². The Bertz CT molecular complexity index is 1230. The lowest BCUT2D eigenvalue weighted by Gasteiger charge is -2.10. The lowest BCUT2D eigenvalue weighted by Crippen LogP contribution is -2.18. The fourth-order valence-corrected chi connectivity index (χ4v) is 2.95. The van der Waals surface area contributed by atoms with Gasteiger partial charge in [0.1, 0.15) is 22.0 Å². The molecular formula is C18H12Cl2F3N3O5. The highest BCUT2D eigenvalue weighted by molar-refractivity contribution is 6.39. The molecule has 0 saturated carbocycles. The molecule has 1 aromatic carbocycles. The van der Waals surface area contributed by atoms with Crippen LogP contribution >= 0.6 is 23.2 Å². The molecule has 3 rings (SSSR count). The Labute approximate surface area is 181 Å². The number of ether oxygens (including phenoxy) is 1. The van der Waals surface area contributed by atoms with E-state index in [0.717, 1.165) is 18.3 Å². The number of nitrogens with zero attached hydrogens (tertiary/aromatic N) is 1. The van der Waals surface area contributed by atoms with E-state index in [9.17, 15) is 27.6 Å². The van der Waals surface area contributed by atoms with Gasteiger partial charge in [-0.2, -0.15) is 13.2 Å². The normalized spacial score (nSPS) is 10.9. The third-order valence-corrected chi connectivity index (χ3v) is 4.45. The molecule has 1 amide bonds. The Morgan fingerprint density at radius 1 is 1.19 bits per heavy atom. The van der Waals surface area contributed by atoms with Crippen molar-refractivity contribution in [2.45, 2.75) is 6.18 Å². The van der Waals surface area contributed by atoms with Gasteiger partial charge in [-0.05, 0) is 24.3 Å². The highest BCUT2D eigenvalue weighted by Crippen LogP contribution is 2.33. The van der Waals surface area contributed by atoms with Crippen LogP contribution in [-0.2, 0) is 6.18 Å². The number of aromatic nitrogens is 2. The summed E-state index contributed by atoms with van der Waals surface area (Å²) in [5.74, 6) is -1.98. The molecule has 0 aliphatic heterocycles. The monoisotopic (exact) mass is 477 g/mol. The molecule has 0 fully saturated rings. The Morgan fingerprint density at radius 2 is 1.84 bits per heavy atom. The number of benzene rings is 1. The molecule has 164 valence electrons. The minimum atomic E-state index is -4.60. The quantitative estimate of drug-likeness (QED) is 0.525. The molecule has 2 aromatic heterocycles. The van der Waals surface area contributed by atoms with Gasteiger partial charge in [-0.15, -0.1) is 0 Å². The van der Waals surface area contributed by atoms with Gasteiger partial charge in [0.2, 0.25) is 0 Å². The molecular weight excluding hydrogens is 466 g/mol. The standard InChI is InChI=1S/C12H8F3NO3.C6H4Cl2N2O2/c1-19-8-4-2-7(11(17)18)6-3-5-9(12(13,14)15)16-10(6)8;7-2-1-10-6(12)4(8)3(2)5(9)11/h2-5H,1H3,(H,17,18);1H,(H2,9,11)(H,10,12). The third-order valence-electron chi connectivity index (χ3n) is 3.79. The van der Waals surface area contributed by atoms with Crippen LogP contribution in [0.1, 0.15) is 26.4 Å². The number of rotatable bonds is 3. The summed E-state index contributed by atoms with van der Waals surface area (Å²) in [6, 6.07) is 4.36. The van der Waals surface area contributed by atoms with Crippen LogP contribution in [0.3, 0.4) is 0 Å². The van der Waals surface area contributed by atoms with E-state index >= 15 is 0 Å². The number of alkyl halides is 3. The van der Waals surface area contributed by atoms with Crippen molar-refractivity contribution in [1.29, 1.82) is 0 Å². The number of nitrogens with two attached hydrogens (primary N) is 1. The summed E-state index contributed by atoms with van der Waals surface area (Å²) < 4.78 is 42.7. The van der Waals surface area contributed by atoms with Gasteiger partial charge in [0.05, 0.1) is 23.3 Å². The van der Waals surface area contributed by atoms with E-state index in [-0.39, 0.29) is 37.8 Å². The van der Waals surface area contributed by atoms with Crippen molar-refractivity contribution in [3.05, 3.63) is 67.7 Å². The summed E-state index contributed by atoms with van der Waals surface area (Å²) in [5, 5.41) is 8.83. The number of primary amides is 1. The minimum Gasteiger partial charge on any atom is -0.494 e. The number of pyridine rings is 2. The fourth-order valence-electron chi connectivity index (χ4n) is 2.41. The Balaban J connectivity index is 0.000000245. The number of carbonyl (C=O) groups is 2. The molecule has 3 aromatic rings. The summed E-state index contributed by atoms with van der Waals surface area (Å²) in [7, 11) is 1.27. The molecule has 13 heteroatoms. The van der Waals surface area contributed by atoms with Crippen LogP contribution in [0.15, 0.2) is 35.3 Å². The number of hydrogen-bond donors (Lipinski definition) is 3. The summed E-state index contributed by atoms with van der Waals surface area (Å²) in [5.41, 5.74) is 2.83. The first-order valence-corrected chi connectivity index (χ1v) is 8.78. The number of aromatic carboxylic acids is 1. The van der Waals surface area contributed by atoms with Crippen LogP contribution in [0.5, 0.6) is 5.75 Å². The van der Waals surface area contributed by atoms with E-state index in [4.69, 9.17) is 38.8 Å². The van der Waals surface area contributed by atoms with Gasteiger partial charge >= 0.3 is 12.1 Å². The van der Waals surface area contributed by atoms with Crippen LogP contribution in [-0.4, -0.2) is 34.1 Å². The number of carbonyl (C=O) groups excluding carboxylic acids is 1. The van der Waals surface area contributed by atoms with Crippen molar-refractivity contribution < 1.29 is 32.6 Å². The first-order valence-electron chi connectivity index (χ1n) is 8.03. The highest BCUT2D eigenvalue weighted by Gasteiger charge is 2.33. The maximum Gasteiger partial charge on any atom is 0.433 e. The maximum absolute atomic E-state index is 12.6. The Hall–Kier alpha value is -3.31. The van der Waals surface area contributed by atoms with E-state index in [0.29, 0.717) is 0 Å². The van der Waals surface area contributed by atoms with Crippen LogP contribution < -0.4 is 16.0 Å². The predicted molar refractivity (Wildman–Crippen MR) is 106 cm³/mol. The van der Waals surface area contributed by atoms with Crippen LogP contribution in [0.2, 0.25) is 10.0 Å². The van der Waals surface area contributed by atoms with Crippen molar-refractivity contribution in [2.75, 3.05) is 7.11 Å². The zero-order chi connectivity index (χ0) is 23.5. The van der Waals surface area contributed by atoms with E-state index in [1.54, 1.807) is 0 Å². The Morgan fingerprint density at radius 3 is 2.32 bits per heavy atom. The van der Waals surface area contributed by atoms with Crippen molar-refractivity contribution in [1.82, 2.24) is 9.97 Å². The van der Waals surface area contributed by atoms with Crippen LogP contribution in [0.4, 0.5) is 13.2 Å². The number of carboxylic acid groups (broad SMARTS) is 1. The topological polar surface area (TPSA) is 135 Å². The number of H-pyrrole nitrogens is 1. The predicted octanol–water partition coefficient (Wildman–Crippen LogP) is 3.74. The van der Waals surface area contributed by atoms with Gasteiger partial charge in [-0.25, -0.2) is 9.78 Å². The first-order chi connectivity index (χ1) is 14.4. The minimum absolute atomic E-state index is 0.0344. The summed E-state index contributed by atoms with van der Waals surface area (Å²) >= 11 is 11.0. The molecule has 0 unspecified atom stereocenters. The largest absolute Gasteiger partial charge is 0.494 e. The molecule has 0 aliphatic carbocycles. The zero-order valence-corrected chi connectivity index (χ0v) is 16.9. The molecule has 0 spiro atoms. The maximum atomic E-state index is 12.6. The average Bonchev–Trinajstić information content (AvgIpc) is 2.69. The number of methoxy groups -OCH3 is 1. The van der Waals surface area contributed by atoms with E-state index in [2.05, 4.69) is 9.97 Å². The second-order valence-corrected chi connectivity index (χ2v) is 6.52. The number of hydrogen-bond acceptors (Lipinski definition) is 5. The van der Waals surface area contributed by atoms with E-state index in [1.807, 2.05) is 0 Å². The summed E-state index contributed by atoms with van der Waals surface area (Å²) in [6.45, 7) is 0. The molecule has 0 saturated heterocycles. The van der Waals surface area contributed by atoms with Crippen molar-refractivity contribution in [2.24, 2.45) is 5.73 Å². The molecule has 31 heavy (non-hydrogen) atoms. The molecule has 0 atom stereocenters. The smallest absolute Gasteiger partial charge is 0.433 e. The number of amides is 1. The van der Waals surface area contributed by atoms with Crippen LogP contribution in [0, 0.1) is 0 Å². The SMILES string of the molecule is COc1ccc(C(=O)O)c2ccc(C(F)(F)F)nc12.NC(=O)c1c(Cl)c[nH]c(=O)c1Cl. The number of nitrogens with one attached hydrogen (secondary N) is 1. The number of halogens is 5. The highest BCUT2D eigenvalue weighted by atomic mass is 35.5. The van der Waals surface area contributed by atoms with Crippen molar-refractivity contribution in [3.8, 4) is 5.75 Å². The number of fused-ring (bicyclic) bond motifs is 1. The first kappa shape index (κ1) is 24.0. The Kier molecular flexibility index (Phi) is 7.13. The number of aromatic amines is 1. The van der Waals surface area contributed by atoms with Gasteiger partial charge in [-0.3, -0.25) is 9.59 Å². The molecule has 0 bridgehead atoms. The molecule has 4 N–H and O–H groups in total. The molecule has 2 heterocycles.